The summed E-state index contributed by atoms with van der Waals surface area (Å²) in [5, 5.41) is 3.24. The van der Waals surface area contributed by atoms with E-state index < -0.39 is 10.0 Å². The quantitative estimate of drug-likeness (QED) is 0.792. The van der Waals surface area contributed by atoms with Crippen LogP contribution >= 0.6 is 0 Å². The molecule has 160 valence electrons. The summed E-state index contributed by atoms with van der Waals surface area (Å²) < 4.78 is 27.1. The summed E-state index contributed by atoms with van der Waals surface area (Å²) in [6, 6.07) is 16.0. The second-order valence-electron chi connectivity index (χ2n) is 8.57. The molecule has 1 fully saturated rings. The van der Waals surface area contributed by atoms with Crippen LogP contribution in [-0.4, -0.2) is 31.7 Å². The minimum absolute atomic E-state index is 0.0169. The maximum Gasteiger partial charge on any atom is 0.223 e. The number of benzene rings is 2. The minimum atomic E-state index is -3.36. The lowest BCUT2D eigenvalue weighted by molar-refractivity contribution is -0.127. The van der Waals surface area contributed by atoms with Crippen LogP contribution in [0.1, 0.15) is 54.0 Å². The fourth-order valence-corrected chi connectivity index (χ4v) is 6.14. The predicted molar refractivity (Wildman–Crippen MR) is 118 cm³/mol. The van der Waals surface area contributed by atoms with Gasteiger partial charge in [-0.15, -0.1) is 0 Å². The molecule has 2 aromatic carbocycles. The highest BCUT2D eigenvalue weighted by molar-refractivity contribution is 7.88. The van der Waals surface area contributed by atoms with Crippen molar-refractivity contribution in [1.82, 2.24) is 9.62 Å². The fraction of sp³-hybridized carbons (Fsp3) is 0.458. The van der Waals surface area contributed by atoms with Crippen molar-refractivity contribution in [2.45, 2.75) is 50.8 Å². The van der Waals surface area contributed by atoms with Gasteiger partial charge in [-0.1, -0.05) is 54.1 Å². The molecule has 2 aromatic rings. The van der Waals surface area contributed by atoms with Crippen LogP contribution in [0.2, 0.25) is 0 Å². The molecule has 1 saturated heterocycles. The van der Waals surface area contributed by atoms with Crippen LogP contribution in [0.5, 0.6) is 0 Å². The number of amides is 1. The first-order valence-corrected chi connectivity index (χ1v) is 12.4. The molecule has 0 aromatic heterocycles. The Labute approximate surface area is 179 Å². The molecule has 1 aliphatic heterocycles. The molecule has 0 spiro atoms. The molecule has 1 atom stereocenters. The summed E-state index contributed by atoms with van der Waals surface area (Å²) in [4.78, 5) is 12.9. The number of nitrogens with one attached hydrogen (secondary N) is 1. The minimum Gasteiger partial charge on any atom is -0.349 e. The molecule has 5 nitrogen and oxygen atoms in total. The Morgan fingerprint density at radius 1 is 1.03 bits per heavy atom. The topological polar surface area (TPSA) is 66.5 Å². The van der Waals surface area contributed by atoms with Gasteiger partial charge in [-0.25, -0.2) is 12.7 Å². The first-order valence-electron chi connectivity index (χ1n) is 10.8. The molecular formula is C24H30N2O3S. The van der Waals surface area contributed by atoms with Crippen molar-refractivity contribution < 1.29 is 13.2 Å². The van der Waals surface area contributed by atoms with E-state index in [4.69, 9.17) is 0 Å². The third-order valence-electron chi connectivity index (χ3n) is 6.37. The Hall–Kier alpha value is -2.18. The Balaban J connectivity index is 1.33. The van der Waals surface area contributed by atoms with Gasteiger partial charge in [0.1, 0.15) is 0 Å². The first-order chi connectivity index (χ1) is 14.4. The van der Waals surface area contributed by atoms with E-state index in [9.17, 15) is 13.2 Å². The van der Waals surface area contributed by atoms with Crippen LogP contribution in [0, 0.1) is 12.8 Å². The van der Waals surface area contributed by atoms with Crippen molar-refractivity contribution in [2.75, 3.05) is 13.1 Å². The number of rotatable bonds is 5. The molecule has 0 saturated carbocycles. The summed E-state index contributed by atoms with van der Waals surface area (Å²) in [6.07, 6.45) is 4.27. The highest BCUT2D eigenvalue weighted by atomic mass is 32.2. The molecule has 1 unspecified atom stereocenters. The normalized spacial score (nSPS) is 20.5. The summed E-state index contributed by atoms with van der Waals surface area (Å²) in [5.74, 6) is -0.0413. The fourth-order valence-electron chi connectivity index (χ4n) is 4.58. The van der Waals surface area contributed by atoms with Gasteiger partial charge in [0.05, 0.1) is 11.8 Å². The monoisotopic (exact) mass is 426 g/mol. The first kappa shape index (κ1) is 21.1. The Morgan fingerprint density at radius 3 is 2.47 bits per heavy atom. The van der Waals surface area contributed by atoms with Gasteiger partial charge in [-0.05, 0) is 55.7 Å². The molecule has 0 radical (unpaired) electrons. The molecule has 1 amide bonds. The molecule has 30 heavy (non-hydrogen) atoms. The van der Waals surface area contributed by atoms with E-state index >= 15 is 0 Å². The molecule has 1 heterocycles. The number of hydrogen-bond acceptors (Lipinski definition) is 3. The van der Waals surface area contributed by atoms with Crippen LogP contribution in [0.15, 0.2) is 48.5 Å². The highest BCUT2D eigenvalue weighted by Gasteiger charge is 2.32. The van der Waals surface area contributed by atoms with Gasteiger partial charge in [0.25, 0.3) is 0 Å². The van der Waals surface area contributed by atoms with Crippen molar-refractivity contribution in [2.24, 2.45) is 5.92 Å². The van der Waals surface area contributed by atoms with Crippen molar-refractivity contribution in [3.05, 3.63) is 70.8 Å². The van der Waals surface area contributed by atoms with E-state index in [1.54, 1.807) is 4.31 Å². The molecule has 1 N–H and O–H groups in total. The number of nitrogens with zero attached hydrogens (tertiary/aromatic N) is 1. The van der Waals surface area contributed by atoms with Gasteiger partial charge in [0.2, 0.25) is 15.9 Å². The van der Waals surface area contributed by atoms with Crippen molar-refractivity contribution in [3.63, 3.8) is 0 Å². The van der Waals surface area contributed by atoms with E-state index in [1.807, 2.05) is 37.3 Å². The second-order valence-corrected chi connectivity index (χ2v) is 10.5. The number of sulfonamides is 1. The summed E-state index contributed by atoms with van der Waals surface area (Å²) in [5.41, 5.74) is 4.47. The summed E-state index contributed by atoms with van der Waals surface area (Å²) in [6.45, 7) is 2.81. The predicted octanol–water partition coefficient (Wildman–Crippen LogP) is 3.73. The average Bonchev–Trinajstić information content (AvgIpc) is 2.75. The van der Waals surface area contributed by atoms with E-state index in [0.717, 1.165) is 30.4 Å². The molecule has 1 aliphatic carbocycles. The SMILES string of the molecule is Cc1ccc(CS(=O)(=O)N2CCC(C(=O)NC3CCCc4ccccc43)CC2)cc1. The van der Waals surface area contributed by atoms with Crippen LogP contribution in [0.25, 0.3) is 0 Å². The second kappa shape index (κ2) is 8.90. The zero-order valence-corrected chi connectivity index (χ0v) is 18.3. The molecule has 6 heteroatoms. The zero-order chi connectivity index (χ0) is 21.1. The van der Waals surface area contributed by atoms with Crippen LogP contribution in [-0.2, 0) is 27.0 Å². The van der Waals surface area contributed by atoms with Crippen LogP contribution in [0.4, 0.5) is 0 Å². The van der Waals surface area contributed by atoms with Crippen LogP contribution < -0.4 is 5.32 Å². The lowest BCUT2D eigenvalue weighted by Crippen LogP contribution is -2.44. The number of hydrogen-bond donors (Lipinski definition) is 1. The third-order valence-corrected chi connectivity index (χ3v) is 8.22. The van der Waals surface area contributed by atoms with Gasteiger partial charge in [0, 0.05) is 19.0 Å². The third kappa shape index (κ3) is 4.76. The van der Waals surface area contributed by atoms with Crippen LogP contribution in [0.3, 0.4) is 0 Å². The lowest BCUT2D eigenvalue weighted by Gasteiger charge is -2.32. The van der Waals surface area contributed by atoms with Gasteiger partial charge >= 0.3 is 0 Å². The van der Waals surface area contributed by atoms with Gasteiger partial charge < -0.3 is 5.32 Å². The van der Waals surface area contributed by atoms with Crippen molar-refractivity contribution in [1.29, 1.82) is 0 Å². The number of fused-ring (bicyclic) bond motifs is 1. The molecule has 4 rings (SSSR count). The Morgan fingerprint density at radius 2 is 1.73 bits per heavy atom. The number of carbonyl (C=O) groups excluding carboxylic acids is 1. The largest absolute Gasteiger partial charge is 0.349 e. The number of piperidine rings is 1. The lowest BCUT2D eigenvalue weighted by atomic mass is 9.87. The van der Waals surface area contributed by atoms with Crippen molar-refractivity contribution >= 4 is 15.9 Å². The van der Waals surface area contributed by atoms with E-state index in [1.165, 1.54) is 11.1 Å². The van der Waals surface area contributed by atoms with Gasteiger partial charge in [0.15, 0.2) is 0 Å². The van der Waals surface area contributed by atoms with E-state index in [-0.39, 0.29) is 23.6 Å². The maximum atomic E-state index is 12.9. The zero-order valence-electron chi connectivity index (χ0n) is 17.5. The van der Waals surface area contributed by atoms with Gasteiger partial charge in [-0.2, -0.15) is 0 Å². The smallest absolute Gasteiger partial charge is 0.223 e. The summed E-state index contributed by atoms with van der Waals surface area (Å²) >= 11 is 0. The van der Waals surface area contributed by atoms with Gasteiger partial charge in [-0.3, -0.25) is 4.79 Å². The Bertz CT molecular complexity index is 993. The standard InChI is InChI=1S/C24H30N2O3S/c1-18-9-11-19(12-10-18)17-30(28,29)26-15-13-21(14-16-26)24(27)25-23-8-4-6-20-5-2-3-7-22(20)23/h2-3,5,7,9-12,21,23H,4,6,8,13-17H2,1H3,(H,25,27). The molecular weight excluding hydrogens is 396 g/mol. The number of aryl methyl sites for hydroxylation is 2. The number of carbonyl (C=O) groups is 1. The van der Waals surface area contributed by atoms with E-state index in [0.29, 0.717) is 25.9 Å². The highest BCUT2D eigenvalue weighted by Crippen LogP contribution is 2.30. The maximum absolute atomic E-state index is 12.9. The molecule has 0 bridgehead atoms. The Kier molecular flexibility index (Phi) is 6.25. The average molecular weight is 427 g/mol. The van der Waals surface area contributed by atoms with Crippen molar-refractivity contribution in [3.8, 4) is 0 Å². The van der Waals surface area contributed by atoms with E-state index in [2.05, 4.69) is 23.5 Å². The summed E-state index contributed by atoms with van der Waals surface area (Å²) in [7, 11) is -3.36. The molecule has 2 aliphatic rings.